The SMILES string of the molecule is CN(I)C1=NC2(CCCC2)NC(N)=N1. The number of hydrogen-bond donors (Lipinski definition) is 2. The maximum atomic E-state index is 5.75. The summed E-state index contributed by atoms with van der Waals surface area (Å²) in [6.45, 7) is 0. The third-order valence-electron chi connectivity index (χ3n) is 2.60. The summed E-state index contributed by atoms with van der Waals surface area (Å²) >= 11 is 2.15. The molecule has 78 valence electrons. The molecule has 1 heterocycles. The molecule has 1 fully saturated rings. The summed E-state index contributed by atoms with van der Waals surface area (Å²) in [6.07, 6.45) is 4.53. The van der Waals surface area contributed by atoms with Crippen LogP contribution in [0.25, 0.3) is 0 Å². The van der Waals surface area contributed by atoms with Crippen molar-refractivity contribution in [1.29, 1.82) is 0 Å². The Balaban J connectivity index is 2.27. The average molecular weight is 307 g/mol. The van der Waals surface area contributed by atoms with Crippen molar-refractivity contribution >= 4 is 34.8 Å². The molecule has 0 aromatic rings. The van der Waals surface area contributed by atoms with E-state index in [1.54, 1.807) is 0 Å². The highest BCUT2D eigenvalue weighted by atomic mass is 127. The van der Waals surface area contributed by atoms with Gasteiger partial charge in [0.25, 0.3) is 0 Å². The summed E-state index contributed by atoms with van der Waals surface area (Å²) in [4.78, 5) is 8.77. The van der Waals surface area contributed by atoms with Crippen LogP contribution in [-0.2, 0) is 0 Å². The maximum absolute atomic E-state index is 5.75. The van der Waals surface area contributed by atoms with E-state index < -0.39 is 0 Å². The van der Waals surface area contributed by atoms with Gasteiger partial charge >= 0.3 is 0 Å². The van der Waals surface area contributed by atoms with Crippen LogP contribution in [0.5, 0.6) is 0 Å². The normalized spacial score (nSPS) is 24.1. The van der Waals surface area contributed by atoms with E-state index in [4.69, 9.17) is 5.73 Å². The molecule has 0 aromatic carbocycles. The number of nitrogens with one attached hydrogen (secondary N) is 1. The molecule has 1 spiro atoms. The van der Waals surface area contributed by atoms with Gasteiger partial charge in [-0.15, -0.1) is 0 Å². The van der Waals surface area contributed by atoms with Gasteiger partial charge < -0.3 is 11.1 Å². The Morgan fingerprint density at radius 2 is 2.14 bits per heavy atom. The van der Waals surface area contributed by atoms with E-state index in [1.165, 1.54) is 12.8 Å². The molecule has 1 saturated carbocycles. The molecule has 3 N–H and O–H groups in total. The highest BCUT2D eigenvalue weighted by Crippen LogP contribution is 2.32. The van der Waals surface area contributed by atoms with E-state index in [2.05, 4.69) is 38.2 Å². The van der Waals surface area contributed by atoms with Gasteiger partial charge in [0, 0.05) is 7.05 Å². The van der Waals surface area contributed by atoms with E-state index in [-0.39, 0.29) is 5.66 Å². The molecule has 2 rings (SSSR count). The lowest BCUT2D eigenvalue weighted by Crippen LogP contribution is -2.52. The summed E-state index contributed by atoms with van der Waals surface area (Å²) in [5, 5.41) is 3.19. The second-order valence-electron chi connectivity index (χ2n) is 3.75. The zero-order valence-electron chi connectivity index (χ0n) is 8.13. The van der Waals surface area contributed by atoms with Crippen molar-refractivity contribution in [2.24, 2.45) is 15.7 Å². The van der Waals surface area contributed by atoms with E-state index in [0.717, 1.165) is 12.8 Å². The van der Waals surface area contributed by atoms with Crippen molar-refractivity contribution in [3.05, 3.63) is 0 Å². The van der Waals surface area contributed by atoms with E-state index in [9.17, 15) is 0 Å². The molecule has 0 aromatic heterocycles. The number of nitrogens with zero attached hydrogens (tertiary/aromatic N) is 3. The predicted octanol–water partition coefficient (Wildman–Crippen LogP) is 0.812. The first-order valence-electron chi connectivity index (χ1n) is 4.73. The largest absolute Gasteiger partial charge is 0.370 e. The number of aliphatic imine (C=N–C) groups is 2. The van der Waals surface area contributed by atoms with E-state index in [0.29, 0.717) is 11.9 Å². The van der Waals surface area contributed by atoms with Crippen molar-refractivity contribution in [2.75, 3.05) is 7.05 Å². The van der Waals surface area contributed by atoms with Gasteiger partial charge in [-0.1, -0.05) is 0 Å². The van der Waals surface area contributed by atoms with Crippen LogP contribution in [0.4, 0.5) is 0 Å². The molecule has 0 unspecified atom stereocenters. The second-order valence-corrected chi connectivity index (χ2v) is 5.20. The predicted molar refractivity (Wildman–Crippen MR) is 65.2 cm³/mol. The van der Waals surface area contributed by atoms with Gasteiger partial charge in [0.2, 0.25) is 5.96 Å². The third-order valence-corrected chi connectivity index (χ3v) is 3.03. The van der Waals surface area contributed by atoms with Crippen molar-refractivity contribution in [3.63, 3.8) is 0 Å². The molecule has 0 radical (unpaired) electrons. The topological polar surface area (TPSA) is 66.0 Å². The molecule has 6 heteroatoms. The fourth-order valence-corrected chi connectivity index (χ4v) is 2.17. The Hall–Kier alpha value is -0.530. The Bertz CT molecular complexity index is 290. The van der Waals surface area contributed by atoms with E-state index in [1.807, 2.05) is 10.2 Å². The molecular weight excluding hydrogens is 293 g/mol. The van der Waals surface area contributed by atoms with Crippen LogP contribution in [0.1, 0.15) is 25.7 Å². The number of halogens is 1. The van der Waals surface area contributed by atoms with Crippen LogP contribution in [-0.4, -0.2) is 27.7 Å². The zero-order chi connectivity index (χ0) is 10.2. The standard InChI is InChI=1S/C8H14IN5/c1-14(9)7-11-6(10)12-8(13-7)4-2-3-5-8/h2-5H2,1H3,(H3,10,11,12,13). The smallest absolute Gasteiger partial charge is 0.234 e. The van der Waals surface area contributed by atoms with Crippen molar-refractivity contribution in [1.82, 2.24) is 8.43 Å². The first kappa shape index (κ1) is 10.0. The summed E-state index contributed by atoms with van der Waals surface area (Å²) < 4.78 is 1.87. The number of hydrogen-bond acceptors (Lipinski definition) is 5. The Morgan fingerprint density at radius 3 is 2.71 bits per heavy atom. The van der Waals surface area contributed by atoms with Gasteiger partial charge in [-0.25, -0.2) is 4.99 Å². The second kappa shape index (κ2) is 3.56. The van der Waals surface area contributed by atoms with Crippen molar-refractivity contribution < 1.29 is 0 Å². The third kappa shape index (κ3) is 1.79. The highest BCUT2D eigenvalue weighted by molar-refractivity contribution is 14.1. The van der Waals surface area contributed by atoms with Gasteiger partial charge in [0.1, 0.15) is 5.66 Å². The number of guanidine groups is 2. The Labute approximate surface area is 97.3 Å². The summed E-state index contributed by atoms with van der Waals surface area (Å²) in [5.41, 5.74) is 5.58. The quantitative estimate of drug-likeness (QED) is 0.514. The average Bonchev–Trinajstić information content (AvgIpc) is 2.51. The van der Waals surface area contributed by atoms with Crippen LogP contribution < -0.4 is 11.1 Å². The maximum Gasteiger partial charge on any atom is 0.234 e. The monoisotopic (exact) mass is 307 g/mol. The summed E-state index contributed by atoms with van der Waals surface area (Å²) in [7, 11) is 1.92. The summed E-state index contributed by atoms with van der Waals surface area (Å²) in [6, 6.07) is 0. The molecule has 1 aliphatic heterocycles. The molecule has 2 aliphatic rings. The van der Waals surface area contributed by atoms with Crippen molar-refractivity contribution in [3.8, 4) is 0 Å². The molecule has 5 nitrogen and oxygen atoms in total. The highest BCUT2D eigenvalue weighted by Gasteiger charge is 2.36. The van der Waals surface area contributed by atoms with Crippen LogP contribution in [0.2, 0.25) is 0 Å². The van der Waals surface area contributed by atoms with Crippen LogP contribution in [0, 0.1) is 0 Å². The Morgan fingerprint density at radius 1 is 1.50 bits per heavy atom. The van der Waals surface area contributed by atoms with Gasteiger partial charge in [0.05, 0.1) is 22.9 Å². The zero-order valence-corrected chi connectivity index (χ0v) is 10.3. The van der Waals surface area contributed by atoms with Crippen LogP contribution in [0.15, 0.2) is 9.98 Å². The fraction of sp³-hybridized carbons (Fsp3) is 0.750. The minimum Gasteiger partial charge on any atom is -0.370 e. The lowest BCUT2D eigenvalue weighted by Gasteiger charge is -2.31. The lowest BCUT2D eigenvalue weighted by atomic mass is 10.1. The van der Waals surface area contributed by atoms with Gasteiger partial charge in [-0.3, -0.25) is 3.11 Å². The van der Waals surface area contributed by atoms with Gasteiger partial charge in [-0.05, 0) is 25.7 Å². The molecule has 14 heavy (non-hydrogen) atoms. The molecule has 0 atom stereocenters. The molecule has 0 bridgehead atoms. The molecule has 0 saturated heterocycles. The lowest BCUT2D eigenvalue weighted by molar-refractivity contribution is 0.399. The van der Waals surface area contributed by atoms with E-state index >= 15 is 0 Å². The number of rotatable bonds is 0. The first-order chi connectivity index (χ1) is 6.61. The first-order valence-corrected chi connectivity index (χ1v) is 5.69. The fourth-order valence-electron chi connectivity index (χ4n) is 1.95. The minimum atomic E-state index is -0.166. The minimum absolute atomic E-state index is 0.166. The Kier molecular flexibility index (Phi) is 2.54. The number of nitrogens with two attached hydrogens (primary N) is 1. The molecule has 0 amide bonds. The van der Waals surface area contributed by atoms with Gasteiger partial charge in [0.15, 0.2) is 5.96 Å². The van der Waals surface area contributed by atoms with Crippen LogP contribution in [0.3, 0.4) is 0 Å². The molecule has 1 aliphatic carbocycles. The van der Waals surface area contributed by atoms with Crippen molar-refractivity contribution in [2.45, 2.75) is 31.3 Å². The summed E-state index contributed by atoms with van der Waals surface area (Å²) in [5.74, 6) is 1.20. The van der Waals surface area contributed by atoms with Crippen LogP contribution >= 0.6 is 22.9 Å². The molecular formula is C8H14IN5. The van der Waals surface area contributed by atoms with Gasteiger partial charge in [-0.2, -0.15) is 4.99 Å².